The van der Waals surface area contributed by atoms with Gasteiger partial charge in [-0.2, -0.15) is 0 Å². The molecule has 0 unspecified atom stereocenters. The van der Waals surface area contributed by atoms with Crippen LogP contribution >= 0.6 is 0 Å². The molecule has 1 aromatic rings. The first-order chi connectivity index (χ1) is 8.66. The quantitative estimate of drug-likeness (QED) is 0.893. The predicted molar refractivity (Wildman–Crippen MR) is 68.9 cm³/mol. The number of likely N-dealkylation sites (tertiary alicyclic amines) is 1. The number of benzene rings is 1. The van der Waals surface area contributed by atoms with Crippen molar-refractivity contribution < 1.29 is 8.78 Å². The first-order valence-corrected chi connectivity index (χ1v) is 6.42. The fourth-order valence-corrected chi connectivity index (χ4v) is 2.76. The lowest BCUT2D eigenvalue weighted by Gasteiger charge is -2.41. The first kappa shape index (κ1) is 13.4. The van der Waals surface area contributed by atoms with Crippen molar-refractivity contribution >= 4 is 0 Å². The van der Waals surface area contributed by atoms with Crippen molar-refractivity contribution in [1.29, 1.82) is 0 Å². The van der Waals surface area contributed by atoms with Crippen LogP contribution < -0.4 is 5.73 Å². The maximum absolute atomic E-state index is 12.4. The molecule has 0 amide bonds. The van der Waals surface area contributed by atoms with Crippen LogP contribution in [0.4, 0.5) is 8.78 Å². The van der Waals surface area contributed by atoms with Gasteiger partial charge >= 0.3 is 0 Å². The highest BCUT2D eigenvalue weighted by molar-refractivity contribution is 5.26. The standard InChI is InChI=1S/C14H20F2N2/c15-13(16)10-18-8-6-14(11-17,7-9-18)12-4-2-1-3-5-12/h1-5,13H,6-11,17H2. The number of piperidine rings is 1. The summed E-state index contributed by atoms with van der Waals surface area (Å²) >= 11 is 0. The highest BCUT2D eigenvalue weighted by Gasteiger charge is 2.35. The Balaban J connectivity index is 2.05. The van der Waals surface area contributed by atoms with Crippen molar-refractivity contribution in [2.75, 3.05) is 26.2 Å². The third-order valence-corrected chi connectivity index (χ3v) is 3.99. The summed E-state index contributed by atoms with van der Waals surface area (Å²) in [6.07, 6.45) is -0.521. The molecule has 1 aliphatic heterocycles. The Kier molecular flexibility index (Phi) is 4.30. The average molecular weight is 254 g/mol. The van der Waals surface area contributed by atoms with E-state index >= 15 is 0 Å². The zero-order chi connectivity index (χ0) is 13.0. The number of hydrogen-bond donors (Lipinski definition) is 1. The first-order valence-electron chi connectivity index (χ1n) is 6.42. The molecule has 18 heavy (non-hydrogen) atoms. The molecule has 2 rings (SSSR count). The highest BCUT2D eigenvalue weighted by atomic mass is 19.3. The van der Waals surface area contributed by atoms with Crippen LogP contribution in [0, 0.1) is 0 Å². The second-order valence-electron chi connectivity index (χ2n) is 5.04. The highest BCUT2D eigenvalue weighted by Crippen LogP contribution is 2.34. The van der Waals surface area contributed by atoms with Crippen molar-refractivity contribution in [1.82, 2.24) is 4.90 Å². The summed E-state index contributed by atoms with van der Waals surface area (Å²) < 4.78 is 24.7. The molecule has 2 N–H and O–H groups in total. The smallest absolute Gasteiger partial charge is 0.251 e. The van der Waals surface area contributed by atoms with Crippen molar-refractivity contribution in [2.24, 2.45) is 5.73 Å². The van der Waals surface area contributed by atoms with Crippen LogP contribution in [0.15, 0.2) is 30.3 Å². The maximum Gasteiger partial charge on any atom is 0.251 e. The summed E-state index contributed by atoms with van der Waals surface area (Å²) in [4.78, 5) is 1.83. The second kappa shape index (κ2) is 5.76. The van der Waals surface area contributed by atoms with Gasteiger partial charge in [0.25, 0.3) is 6.43 Å². The molecule has 1 fully saturated rings. The van der Waals surface area contributed by atoms with Crippen LogP contribution in [0.2, 0.25) is 0 Å². The Labute approximate surface area is 107 Å². The molecule has 1 aromatic carbocycles. The normalized spacial score (nSPS) is 20.2. The summed E-state index contributed by atoms with van der Waals surface area (Å²) in [7, 11) is 0. The van der Waals surface area contributed by atoms with Crippen molar-refractivity contribution in [3.8, 4) is 0 Å². The van der Waals surface area contributed by atoms with Gasteiger partial charge in [-0.1, -0.05) is 30.3 Å². The van der Waals surface area contributed by atoms with Gasteiger partial charge in [-0.15, -0.1) is 0 Å². The minimum atomic E-state index is -2.24. The van der Waals surface area contributed by atoms with Crippen LogP contribution in [0.3, 0.4) is 0 Å². The van der Waals surface area contributed by atoms with Gasteiger partial charge in [0.05, 0.1) is 6.54 Å². The van der Waals surface area contributed by atoms with E-state index in [-0.39, 0.29) is 12.0 Å². The summed E-state index contributed by atoms with van der Waals surface area (Å²) in [6, 6.07) is 10.2. The van der Waals surface area contributed by atoms with E-state index in [0.29, 0.717) is 19.6 Å². The van der Waals surface area contributed by atoms with Crippen LogP contribution in [0.5, 0.6) is 0 Å². The molecule has 0 aliphatic carbocycles. The van der Waals surface area contributed by atoms with Crippen molar-refractivity contribution in [2.45, 2.75) is 24.7 Å². The van der Waals surface area contributed by atoms with E-state index in [0.717, 1.165) is 12.8 Å². The van der Waals surface area contributed by atoms with E-state index in [4.69, 9.17) is 5.73 Å². The van der Waals surface area contributed by atoms with Gasteiger partial charge in [0.15, 0.2) is 0 Å². The van der Waals surface area contributed by atoms with Gasteiger partial charge in [-0.25, -0.2) is 8.78 Å². The van der Waals surface area contributed by atoms with Crippen LogP contribution in [0.1, 0.15) is 18.4 Å². The zero-order valence-electron chi connectivity index (χ0n) is 10.5. The van der Waals surface area contributed by atoms with Gasteiger partial charge in [-0.05, 0) is 31.5 Å². The van der Waals surface area contributed by atoms with Gasteiger partial charge in [-0.3, -0.25) is 4.90 Å². The van der Waals surface area contributed by atoms with Crippen molar-refractivity contribution in [3.63, 3.8) is 0 Å². The van der Waals surface area contributed by atoms with E-state index in [2.05, 4.69) is 12.1 Å². The third kappa shape index (κ3) is 2.87. The Hall–Kier alpha value is -1.00. The lowest BCUT2D eigenvalue weighted by molar-refractivity contribution is 0.0637. The number of nitrogens with two attached hydrogens (primary N) is 1. The van der Waals surface area contributed by atoms with Crippen LogP contribution in [0.25, 0.3) is 0 Å². The summed E-state index contributed by atoms with van der Waals surface area (Å²) in [5, 5.41) is 0. The van der Waals surface area contributed by atoms with Crippen LogP contribution in [-0.4, -0.2) is 37.5 Å². The Morgan fingerprint density at radius 3 is 2.28 bits per heavy atom. The van der Waals surface area contributed by atoms with Gasteiger partial charge in [0.1, 0.15) is 0 Å². The Morgan fingerprint density at radius 1 is 1.17 bits per heavy atom. The lowest BCUT2D eigenvalue weighted by atomic mass is 9.73. The van der Waals surface area contributed by atoms with E-state index < -0.39 is 6.43 Å². The fourth-order valence-electron chi connectivity index (χ4n) is 2.76. The molecule has 0 spiro atoms. The molecule has 0 atom stereocenters. The number of rotatable bonds is 4. The molecule has 4 heteroatoms. The minimum Gasteiger partial charge on any atom is -0.330 e. The monoisotopic (exact) mass is 254 g/mol. The molecular weight excluding hydrogens is 234 g/mol. The summed E-state index contributed by atoms with van der Waals surface area (Å²) in [5.41, 5.74) is 7.16. The third-order valence-electron chi connectivity index (χ3n) is 3.99. The Morgan fingerprint density at radius 2 is 1.78 bits per heavy atom. The minimum absolute atomic E-state index is 0.0279. The molecule has 0 saturated carbocycles. The maximum atomic E-state index is 12.4. The van der Waals surface area contributed by atoms with Gasteiger partial charge in [0.2, 0.25) is 0 Å². The summed E-state index contributed by atoms with van der Waals surface area (Å²) in [6.45, 7) is 1.88. The van der Waals surface area contributed by atoms with E-state index in [1.54, 1.807) is 0 Å². The van der Waals surface area contributed by atoms with Gasteiger partial charge in [0, 0.05) is 12.0 Å². The molecule has 1 saturated heterocycles. The molecule has 0 radical (unpaired) electrons. The number of hydrogen-bond acceptors (Lipinski definition) is 2. The average Bonchev–Trinajstić information content (AvgIpc) is 2.40. The molecule has 2 nitrogen and oxygen atoms in total. The van der Waals surface area contributed by atoms with Gasteiger partial charge < -0.3 is 5.73 Å². The number of alkyl halides is 2. The van der Waals surface area contributed by atoms with E-state index in [1.807, 2.05) is 23.1 Å². The second-order valence-corrected chi connectivity index (χ2v) is 5.04. The Bertz CT molecular complexity index is 359. The van der Waals surface area contributed by atoms with E-state index in [1.165, 1.54) is 5.56 Å². The predicted octanol–water partition coefficient (Wildman–Crippen LogP) is 2.24. The SMILES string of the molecule is NCC1(c2ccccc2)CCN(CC(F)F)CC1. The molecular formula is C14H20F2N2. The summed E-state index contributed by atoms with van der Waals surface area (Å²) in [5.74, 6) is 0. The zero-order valence-corrected chi connectivity index (χ0v) is 10.5. The molecule has 1 aliphatic rings. The molecule has 100 valence electrons. The topological polar surface area (TPSA) is 29.3 Å². The molecule has 1 heterocycles. The fraction of sp³-hybridized carbons (Fsp3) is 0.571. The molecule has 0 bridgehead atoms. The lowest BCUT2D eigenvalue weighted by Crippen LogP contribution is -2.47. The van der Waals surface area contributed by atoms with E-state index in [9.17, 15) is 8.78 Å². The van der Waals surface area contributed by atoms with Crippen molar-refractivity contribution in [3.05, 3.63) is 35.9 Å². The number of nitrogens with zero attached hydrogens (tertiary/aromatic N) is 1. The van der Waals surface area contributed by atoms with Crippen LogP contribution in [-0.2, 0) is 5.41 Å². The largest absolute Gasteiger partial charge is 0.330 e. The number of halogens is 2. The molecule has 0 aromatic heterocycles.